The van der Waals surface area contributed by atoms with Crippen LogP contribution in [0.15, 0.2) is 18.2 Å². The van der Waals surface area contributed by atoms with Gasteiger partial charge in [-0.05, 0) is 64.9 Å². The molecule has 168 valence electrons. The topological polar surface area (TPSA) is 87.2 Å². The first kappa shape index (κ1) is 23.1. The molecule has 4 rings (SSSR count). The first-order valence-corrected chi connectivity index (χ1v) is 14.3. The molecule has 10 heteroatoms. The third kappa shape index (κ3) is 4.43. The predicted octanol–water partition coefficient (Wildman–Crippen LogP) is 4.06. The van der Waals surface area contributed by atoms with Gasteiger partial charge in [-0.3, -0.25) is 19.3 Å². The second-order valence-corrected chi connectivity index (χ2v) is 11.3. The summed E-state index contributed by atoms with van der Waals surface area (Å²) in [5.41, 5.74) is 0.317. The molecule has 1 saturated heterocycles. The molecule has 31 heavy (non-hydrogen) atoms. The molecule has 2 atom stereocenters. The van der Waals surface area contributed by atoms with Crippen LogP contribution in [0.2, 0.25) is 5.02 Å². The molecule has 7 nitrogen and oxygen atoms in total. The summed E-state index contributed by atoms with van der Waals surface area (Å²) in [5, 5.41) is 9.77. The summed E-state index contributed by atoms with van der Waals surface area (Å²) in [6, 6.07) is 5.33. The molecular formula is C21H24ClIN2O5S. The van der Waals surface area contributed by atoms with Gasteiger partial charge in [-0.25, -0.2) is 0 Å². The molecule has 2 amide bonds. The minimum absolute atomic E-state index is 0.0924. The molecule has 1 aliphatic carbocycles. The first-order valence-electron chi connectivity index (χ1n) is 10.3. The Morgan fingerprint density at radius 1 is 1.32 bits per heavy atom. The minimum atomic E-state index is -1.12. The molecule has 0 radical (unpaired) electrons. The lowest BCUT2D eigenvalue weighted by atomic mass is 9.76. The van der Waals surface area contributed by atoms with Crippen LogP contribution in [-0.2, 0) is 24.7 Å². The standard InChI is InChI=1S/C21H24ClIN2O5S/c22-15-3-4-16-17(10-15)24(12-30-7-8-31-23)20(29)21(16)6-5-14(9-18(26)27)19(28)25(21)11-13-1-2-13/h3-4,10,13-14H,1-2,5-9,11-12H2,(H,26,27)/t14-,21+/m1/s1. The third-order valence-corrected chi connectivity index (χ3v) is 8.19. The zero-order valence-electron chi connectivity index (χ0n) is 16.9. The smallest absolute Gasteiger partial charge is 0.304 e. The molecule has 1 saturated carbocycles. The Balaban J connectivity index is 1.71. The Kier molecular flexibility index (Phi) is 7.05. The molecule has 3 aliphatic rings. The summed E-state index contributed by atoms with van der Waals surface area (Å²) in [4.78, 5) is 41.9. The Morgan fingerprint density at radius 2 is 2.10 bits per heavy atom. The molecule has 2 aliphatic heterocycles. The first-order chi connectivity index (χ1) is 14.9. The number of hydrogen-bond acceptors (Lipinski definition) is 5. The largest absolute Gasteiger partial charge is 0.481 e. The van der Waals surface area contributed by atoms with Gasteiger partial charge in [-0.2, -0.15) is 0 Å². The molecule has 1 aromatic carbocycles. The van der Waals surface area contributed by atoms with Gasteiger partial charge in [0.1, 0.15) is 12.3 Å². The van der Waals surface area contributed by atoms with Gasteiger partial charge in [0.15, 0.2) is 0 Å². The number of anilines is 1. The van der Waals surface area contributed by atoms with E-state index in [1.54, 1.807) is 30.9 Å². The number of carboxylic acids is 1. The zero-order chi connectivity index (χ0) is 22.2. The van der Waals surface area contributed by atoms with Gasteiger partial charge in [-0.1, -0.05) is 26.6 Å². The third-order valence-electron chi connectivity index (χ3n) is 6.31. The van der Waals surface area contributed by atoms with Crippen LogP contribution < -0.4 is 4.90 Å². The summed E-state index contributed by atoms with van der Waals surface area (Å²) in [5.74, 6) is -0.850. The average Bonchev–Trinajstić information content (AvgIpc) is 3.52. The van der Waals surface area contributed by atoms with Gasteiger partial charge in [0.05, 0.1) is 18.7 Å². The van der Waals surface area contributed by atoms with Crippen molar-refractivity contribution in [2.24, 2.45) is 11.8 Å². The second kappa shape index (κ2) is 9.44. The monoisotopic (exact) mass is 578 g/mol. The van der Waals surface area contributed by atoms with E-state index in [4.69, 9.17) is 16.3 Å². The van der Waals surface area contributed by atoms with Crippen LogP contribution in [0.1, 0.15) is 37.7 Å². The Bertz CT molecular complexity index is 899. The number of benzene rings is 1. The molecule has 2 fully saturated rings. The Morgan fingerprint density at radius 3 is 2.77 bits per heavy atom. The van der Waals surface area contributed by atoms with Crippen molar-refractivity contribution in [3.8, 4) is 0 Å². The van der Waals surface area contributed by atoms with Crippen molar-refractivity contribution in [1.29, 1.82) is 0 Å². The van der Waals surface area contributed by atoms with Crippen molar-refractivity contribution in [2.45, 2.75) is 37.6 Å². The maximum atomic E-state index is 13.9. The quantitative estimate of drug-likeness (QED) is 0.351. The van der Waals surface area contributed by atoms with Gasteiger partial charge in [0.2, 0.25) is 5.91 Å². The van der Waals surface area contributed by atoms with Gasteiger partial charge >= 0.3 is 5.97 Å². The lowest BCUT2D eigenvalue weighted by Gasteiger charge is -2.46. The highest BCUT2D eigenvalue weighted by molar-refractivity contribution is 14.2. The minimum Gasteiger partial charge on any atom is -0.481 e. The van der Waals surface area contributed by atoms with Crippen molar-refractivity contribution in [3.05, 3.63) is 28.8 Å². The maximum absolute atomic E-state index is 13.9. The lowest BCUT2D eigenvalue weighted by molar-refractivity contribution is -0.159. The van der Waals surface area contributed by atoms with Crippen molar-refractivity contribution in [3.63, 3.8) is 0 Å². The highest BCUT2D eigenvalue weighted by Gasteiger charge is 2.59. The normalized spacial score (nSPS) is 25.4. The van der Waals surface area contributed by atoms with E-state index in [0.717, 1.165) is 24.2 Å². The number of piperidine rings is 1. The summed E-state index contributed by atoms with van der Waals surface area (Å²) in [6.07, 6.45) is 2.59. The number of halogens is 2. The van der Waals surface area contributed by atoms with E-state index < -0.39 is 17.4 Å². The molecule has 2 heterocycles. The van der Waals surface area contributed by atoms with Crippen LogP contribution in [0.25, 0.3) is 0 Å². The summed E-state index contributed by atoms with van der Waals surface area (Å²) < 4.78 is 5.74. The van der Waals surface area contributed by atoms with Crippen LogP contribution in [0.5, 0.6) is 0 Å². The summed E-state index contributed by atoms with van der Waals surface area (Å²) in [7, 11) is 1.63. The number of rotatable bonds is 9. The fourth-order valence-corrected chi connectivity index (χ4v) is 5.54. The van der Waals surface area contributed by atoms with Crippen molar-refractivity contribution >= 4 is 65.2 Å². The molecule has 0 aromatic heterocycles. The SMILES string of the molecule is O=C(O)C[C@H]1CC[C@]2(C(=O)N(COCCSI)c3cc(Cl)ccc32)N(CC2CC2)C1=O. The van der Waals surface area contributed by atoms with Gasteiger partial charge in [0, 0.05) is 28.8 Å². The Labute approximate surface area is 202 Å². The van der Waals surface area contributed by atoms with E-state index in [-0.39, 0.29) is 25.0 Å². The Hall–Kier alpha value is -1.04. The molecule has 1 aromatic rings. The number of amides is 2. The summed E-state index contributed by atoms with van der Waals surface area (Å²) in [6.45, 7) is 1.07. The van der Waals surface area contributed by atoms with Crippen molar-refractivity contribution in [2.75, 3.05) is 30.5 Å². The molecule has 1 N–H and O–H groups in total. The van der Waals surface area contributed by atoms with Gasteiger partial charge in [-0.15, -0.1) is 0 Å². The number of fused-ring (bicyclic) bond motifs is 2. The van der Waals surface area contributed by atoms with Crippen LogP contribution >= 0.6 is 41.7 Å². The average molecular weight is 579 g/mol. The number of carbonyl (C=O) groups excluding carboxylic acids is 2. The number of aliphatic carboxylic acids is 1. The van der Waals surface area contributed by atoms with E-state index in [1.165, 1.54) is 0 Å². The lowest BCUT2D eigenvalue weighted by Crippen LogP contribution is -2.60. The fourth-order valence-electron chi connectivity index (χ4n) is 4.66. The highest BCUT2D eigenvalue weighted by atomic mass is 127. The number of hydrogen-bond donors (Lipinski definition) is 1. The van der Waals surface area contributed by atoms with Crippen molar-refractivity contribution in [1.82, 2.24) is 4.90 Å². The molecule has 0 unspecified atom stereocenters. The molecule has 1 spiro atoms. The highest BCUT2D eigenvalue weighted by Crippen LogP contribution is 2.52. The van der Waals surface area contributed by atoms with E-state index in [9.17, 15) is 19.5 Å². The molecular weight excluding hydrogens is 555 g/mol. The number of likely N-dealkylation sites (tertiary alicyclic amines) is 1. The number of ether oxygens (including phenoxy) is 1. The van der Waals surface area contributed by atoms with Crippen LogP contribution in [-0.4, -0.2) is 53.4 Å². The van der Waals surface area contributed by atoms with E-state index in [0.29, 0.717) is 42.6 Å². The molecule has 0 bridgehead atoms. The fraction of sp³-hybridized carbons (Fsp3) is 0.571. The second-order valence-electron chi connectivity index (χ2n) is 8.33. The van der Waals surface area contributed by atoms with E-state index in [2.05, 4.69) is 21.2 Å². The summed E-state index contributed by atoms with van der Waals surface area (Å²) >= 11 is 8.46. The van der Waals surface area contributed by atoms with Crippen LogP contribution in [0, 0.1) is 11.8 Å². The zero-order valence-corrected chi connectivity index (χ0v) is 20.6. The number of nitrogens with zero attached hydrogens (tertiary/aromatic N) is 2. The maximum Gasteiger partial charge on any atom is 0.304 e. The van der Waals surface area contributed by atoms with E-state index in [1.807, 2.05) is 6.07 Å². The van der Waals surface area contributed by atoms with Crippen LogP contribution in [0.4, 0.5) is 5.69 Å². The predicted molar refractivity (Wildman–Crippen MR) is 127 cm³/mol. The van der Waals surface area contributed by atoms with Gasteiger partial charge in [0.25, 0.3) is 5.91 Å². The van der Waals surface area contributed by atoms with E-state index >= 15 is 0 Å². The van der Waals surface area contributed by atoms with Crippen LogP contribution in [0.3, 0.4) is 0 Å². The van der Waals surface area contributed by atoms with Gasteiger partial charge < -0.3 is 14.7 Å². The number of carbonyl (C=O) groups is 3. The number of carboxylic acid groups (broad SMARTS) is 1. The van der Waals surface area contributed by atoms with Crippen molar-refractivity contribution < 1.29 is 24.2 Å².